The largest absolute Gasteiger partial charge is 0.357 e. The Labute approximate surface area is 51.9 Å². The molecule has 2 heteroatoms. The van der Waals surface area contributed by atoms with E-state index in [1.807, 2.05) is 0 Å². The van der Waals surface area contributed by atoms with Crippen molar-refractivity contribution in [2.75, 3.05) is 6.23 Å². The van der Waals surface area contributed by atoms with Crippen LogP contribution in [-0.4, -0.2) is 6.23 Å². The van der Waals surface area contributed by atoms with Crippen molar-refractivity contribution in [1.29, 1.82) is 0 Å². The summed E-state index contributed by atoms with van der Waals surface area (Å²) in [7, 11) is 0. The van der Waals surface area contributed by atoms with Crippen molar-refractivity contribution < 1.29 is 27.6 Å². The minimum absolute atomic E-state index is 0. The Morgan fingerprint density at radius 1 is 2.25 bits per heavy atom. The Morgan fingerprint density at radius 2 is 2.50 bits per heavy atom. The molecule has 0 N–H and O–H groups in total. The van der Waals surface area contributed by atoms with Crippen molar-refractivity contribution in [3.05, 3.63) is 6.26 Å². The molecule has 0 spiro atoms. The molecule has 4 heavy (non-hydrogen) atoms. The predicted molar refractivity (Wildman–Crippen MR) is 18.9 cm³/mol. The number of hydrogen-bond donors (Lipinski definition) is 0. The summed E-state index contributed by atoms with van der Waals surface area (Å²) < 4.78 is 6.35. The van der Waals surface area contributed by atoms with Gasteiger partial charge in [0.25, 0.3) is 0 Å². The van der Waals surface area contributed by atoms with Crippen LogP contribution in [-0.2, 0) is 26.2 Å². The zero-order valence-electron chi connectivity index (χ0n) is 3.32. The van der Waals surface area contributed by atoms with Crippen molar-refractivity contribution in [2.24, 2.45) is 0 Å². The molecule has 0 fully saturated rings. The van der Waals surface area contributed by atoms with Gasteiger partial charge in [0.15, 0.2) is 0 Å². The molecule has 0 radical (unpaired) electrons. The van der Waals surface area contributed by atoms with Gasteiger partial charge in [0.1, 0.15) is 0 Å². The molecule has 0 rings (SSSR count). The fraction of sp³-hybridized carbons (Fsp3) is 0.500. The molecule has 0 bridgehead atoms. The second kappa shape index (κ2) is 8.87. The summed E-state index contributed by atoms with van der Waals surface area (Å²) in [6, 6.07) is 0. The Hall–Kier alpha value is 1.23. The number of hydrogen-bond acceptors (Lipinski definition) is 1. The fourth-order valence-electron chi connectivity index (χ4n) is 0. The Kier molecular flexibility index (Phi) is 11.6. The second-order valence-corrected chi connectivity index (χ2v) is 0.612. The normalized spacial score (nSPS) is 7.75. The van der Waals surface area contributed by atoms with Crippen LogP contribution in [0.15, 0.2) is 0 Å². The molecule has 24 valence electrons. The van der Waals surface area contributed by atoms with Crippen molar-refractivity contribution in [3.63, 3.8) is 0 Å². The molecule has 0 amide bonds. The van der Waals surface area contributed by atoms with Gasteiger partial charge in [0, 0.05) is 27.6 Å². The molecule has 0 aromatic heterocycles. The third-order valence-electron chi connectivity index (χ3n) is 0. The standard InChI is InChI=1S/C2H5S.Zr/c1-3-2;/h1H2,2H3;/q-1;/i2T;. The summed E-state index contributed by atoms with van der Waals surface area (Å²) in [4.78, 5) is 0. The van der Waals surface area contributed by atoms with Gasteiger partial charge in [-0.05, 0) is 6.23 Å². The summed E-state index contributed by atoms with van der Waals surface area (Å²) in [5.74, 6) is 0. The van der Waals surface area contributed by atoms with Crippen LogP contribution in [0.5, 0.6) is 0 Å². The predicted octanol–water partition coefficient (Wildman–Crippen LogP) is 1.14. The molecular formula is C2H5SZr-. The maximum Gasteiger partial charge on any atom is 0.0316 e. The van der Waals surface area contributed by atoms with Crippen molar-refractivity contribution in [2.45, 2.75) is 0 Å². The van der Waals surface area contributed by atoms with Crippen LogP contribution in [0.3, 0.4) is 0 Å². The van der Waals surface area contributed by atoms with Crippen LogP contribution in [0.25, 0.3) is 0 Å². The molecule has 0 aliphatic carbocycles. The van der Waals surface area contributed by atoms with E-state index in [1.165, 1.54) is 11.8 Å². The Bertz CT molecular complexity index is 11.6. The third kappa shape index (κ3) is 10.6. The molecule has 0 atom stereocenters. The van der Waals surface area contributed by atoms with E-state index in [9.17, 15) is 0 Å². The molecule has 0 aliphatic heterocycles. The van der Waals surface area contributed by atoms with Crippen LogP contribution >= 0.6 is 11.8 Å². The molecule has 0 aromatic carbocycles. The molecule has 0 unspecified atom stereocenters. The summed E-state index contributed by atoms with van der Waals surface area (Å²) in [6.45, 7) is 0. The first-order chi connectivity index (χ1) is 1.91. The second-order valence-electron chi connectivity index (χ2n) is 0.204. The molecular weight excluding hydrogens is 147 g/mol. The van der Waals surface area contributed by atoms with Gasteiger partial charge in [-0.25, -0.2) is 0 Å². The minimum atomic E-state index is 0. The maximum absolute atomic E-state index is 6.35. The minimum Gasteiger partial charge on any atom is -0.357 e. The quantitative estimate of drug-likeness (QED) is 0.472. The van der Waals surface area contributed by atoms with E-state index in [1.54, 1.807) is 0 Å². The first-order valence-electron chi connectivity index (χ1n) is 1.28. The van der Waals surface area contributed by atoms with E-state index >= 15 is 0 Å². The first kappa shape index (κ1) is 5.23. The molecule has 0 nitrogen and oxygen atoms in total. The van der Waals surface area contributed by atoms with Gasteiger partial charge >= 0.3 is 0 Å². The Balaban J connectivity index is 0. The van der Waals surface area contributed by atoms with E-state index in [4.69, 9.17) is 1.37 Å². The van der Waals surface area contributed by atoms with Gasteiger partial charge in [0.2, 0.25) is 0 Å². The SMILES string of the molecule is [3H]CS[CH2-].[Zr]. The van der Waals surface area contributed by atoms with Gasteiger partial charge in [0.05, 0.1) is 0 Å². The summed E-state index contributed by atoms with van der Waals surface area (Å²) >= 11 is 1.27. The monoisotopic (exact) mass is 153 g/mol. The first-order valence-corrected chi connectivity index (χ1v) is 1.73. The van der Waals surface area contributed by atoms with E-state index in [-0.39, 0.29) is 26.2 Å². The van der Waals surface area contributed by atoms with Crippen LogP contribution in [0.1, 0.15) is 1.37 Å². The van der Waals surface area contributed by atoms with Crippen molar-refractivity contribution in [1.82, 2.24) is 0 Å². The van der Waals surface area contributed by atoms with E-state index < -0.39 is 0 Å². The van der Waals surface area contributed by atoms with Gasteiger partial charge in [-0.1, -0.05) is 0 Å². The van der Waals surface area contributed by atoms with Gasteiger partial charge in [-0.3, -0.25) is 6.26 Å². The van der Waals surface area contributed by atoms with Crippen molar-refractivity contribution >= 4 is 11.8 Å². The summed E-state index contributed by atoms with van der Waals surface area (Å²) in [6.07, 6.45) is 3.71. The van der Waals surface area contributed by atoms with Crippen LogP contribution in [0.4, 0.5) is 0 Å². The summed E-state index contributed by atoms with van der Waals surface area (Å²) in [5.41, 5.74) is 0. The molecule has 0 saturated carbocycles. The van der Waals surface area contributed by atoms with Gasteiger partial charge in [-0.2, -0.15) is 0 Å². The number of thioether (sulfide) groups is 1. The van der Waals surface area contributed by atoms with Crippen LogP contribution in [0.2, 0.25) is 0 Å². The zero-order chi connectivity index (χ0) is 3.41. The molecule has 0 aromatic rings. The smallest absolute Gasteiger partial charge is 0.0316 e. The van der Waals surface area contributed by atoms with E-state index in [0.29, 0.717) is 6.23 Å². The van der Waals surface area contributed by atoms with Crippen LogP contribution < -0.4 is 0 Å². The maximum atomic E-state index is 6.35. The average Bonchev–Trinajstić information content (AvgIpc) is 1.37. The fourth-order valence-corrected chi connectivity index (χ4v) is 0. The van der Waals surface area contributed by atoms with Gasteiger partial charge in [-0.15, -0.1) is 0 Å². The van der Waals surface area contributed by atoms with Gasteiger partial charge < -0.3 is 11.8 Å². The average molecular weight is 154 g/mol. The van der Waals surface area contributed by atoms with Crippen molar-refractivity contribution in [3.8, 4) is 0 Å². The van der Waals surface area contributed by atoms with Crippen LogP contribution in [0, 0.1) is 6.26 Å². The Morgan fingerprint density at radius 3 is 2.50 bits per heavy atom. The molecule has 0 heterocycles. The molecule has 0 saturated heterocycles. The topological polar surface area (TPSA) is 0 Å². The zero-order valence-corrected chi connectivity index (χ0v) is 5.60. The third-order valence-corrected chi connectivity index (χ3v) is 0. The van der Waals surface area contributed by atoms with E-state index in [2.05, 4.69) is 6.26 Å². The summed E-state index contributed by atoms with van der Waals surface area (Å²) in [5, 5.41) is 0. The number of rotatable bonds is 0. The van der Waals surface area contributed by atoms with E-state index in [0.717, 1.165) is 0 Å². The molecule has 0 aliphatic rings.